The molecule has 0 aromatic heterocycles. The summed E-state index contributed by atoms with van der Waals surface area (Å²) in [6, 6.07) is 13.9. The van der Waals surface area contributed by atoms with Gasteiger partial charge < -0.3 is 14.4 Å². The van der Waals surface area contributed by atoms with Gasteiger partial charge in [-0.05, 0) is 48.2 Å². The third kappa shape index (κ3) is 6.84. The van der Waals surface area contributed by atoms with E-state index in [1.165, 1.54) is 0 Å². The number of rotatable bonds is 11. The molecule has 34 heavy (non-hydrogen) atoms. The zero-order valence-electron chi connectivity index (χ0n) is 19.3. The van der Waals surface area contributed by atoms with E-state index in [2.05, 4.69) is 4.83 Å². The molecule has 0 aliphatic carbocycles. The fourth-order valence-corrected chi connectivity index (χ4v) is 6.75. The summed E-state index contributed by atoms with van der Waals surface area (Å²) in [5, 5.41) is -0.142. The van der Waals surface area contributed by atoms with E-state index in [0.717, 1.165) is 28.1 Å². The Morgan fingerprint density at radius 2 is 1.50 bits per heavy atom. The smallest absolute Gasteiger partial charge is 0.335 e. The molecule has 0 radical (unpaired) electrons. The highest BCUT2D eigenvalue weighted by Gasteiger charge is 2.40. The Labute approximate surface area is 200 Å². The van der Waals surface area contributed by atoms with Crippen molar-refractivity contribution in [3.05, 3.63) is 59.7 Å². The van der Waals surface area contributed by atoms with Crippen LogP contribution in [0.1, 0.15) is 23.6 Å². The van der Waals surface area contributed by atoms with Crippen LogP contribution in [0.15, 0.2) is 48.5 Å². The standard InChI is InChI=1S/C22H29N3O7S2/c1-31-19-10-6-17(7-11-19)5-4-14-24-21(18-8-12-20(32-2)13-9-18)15-25(22(24)26)23-34(29,30)16-33(3,27)28/h6-13,21,23H,4-5,14-16H2,1-3H3. The Bertz CT molecular complexity index is 1200. The molecule has 0 spiro atoms. The molecule has 2 aromatic rings. The molecule has 1 heterocycles. The number of methoxy groups -OCH3 is 2. The lowest BCUT2D eigenvalue weighted by Crippen LogP contribution is -2.46. The fourth-order valence-electron chi connectivity index (χ4n) is 3.80. The van der Waals surface area contributed by atoms with Gasteiger partial charge in [0.1, 0.15) is 11.5 Å². The van der Waals surface area contributed by atoms with Gasteiger partial charge in [0.15, 0.2) is 14.9 Å². The third-order valence-electron chi connectivity index (χ3n) is 5.35. The quantitative estimate of drug-likeness (QED) is 0.489. The topological polar surface area (TPSA) is 122 Å². The minimum absolute atomic E-state index is 0.0384. The molecule has 1 fully saturated rings. The number of urea groups is 1. The summed E-state index contributed by atoms with van der Waals surface area (Å²) in [6.07, 6.45) is 2.18. The van der Waals surface area contributed by atoms with Crippen molar-refractivity contribution < 1.29 is 31.1 Å². The second kappa shape index (κ2) is 10.6. The Hall–Kier alpha value is -2.83. The van der Waals surface area contributed by atoms with E-state index in [1.54, 1.807) is 31.3 Å². The summed E-state index contributed by atoms with van der Waals surface area (Å²) < 4.78 is 57.9. The lowest BCUT2D eigenvalue weighted by atomic mass is 10.1. The van der Waals surface area contributed by atoms with E-state index in [0.29, 0.717) is 25.1 Å². The first-order valence-corrected chi connectivity index (χ1v) is 14.3. The van der Waals surface area contributed by atoms with E-state index in [4.69, 9.17) is 9.47 Å². The van der Waals surface area contributed by atoms with Gasteiger partial charge in [-0.15, -0.1) is 4.83 Å². The summed E-state index contributed by atoms with van der Waals surface area (Å²) in [6.45, 7) is 0.419. The van der Waals surface area contributed by atoms with Gasteiger partial charge in [-0.2, -0.15) is 0 Å². The molecule has 2 amide bonds. The normalized spacial score (nSPS) is 16.7. The Morgan fingerprint density at radius 1 is 0.941 bits per heavy atom. The molecular weight excluding hydrogens is 482 g/mol. The summed E-state index contributed by atoms with van der Waals surface area (Å²) in [5.41, 5.74) is 1.89. The summed E-state index contributed by atoms with van der Waals surface area (Å²) >= 11 is 0. The number of carbonyl (C=O) groups is 1. The van der Waals surface area contributed by atoms with Crippen LogP contribution in [0.3, 0.4) is 0 Å². The number of amides is 2. The molecule has 1 N–H and O–H groups in total. The molecule has 12 heteroatoms. The van der Waals surface area contributed by atoms with Crippen molar-refractivity contribution in [1.29, 1.82) is 0 Å². The number of ether oxygens (including phenoxy) is 2. The van der Waals surface area contributed by atoms with Crippen molar-refractivity contribution in [2.45, 2.75) is 18.9 Å². The highest BCUT2D eigenvalue weighted by molar-refractivity contribution is 8.06. The van der Waals surface area contributed by atoms with E-state index in [9.17, 15) is 21.6 Å². The fraction of sp³-hybridized carbons (Fsp3) is 0.409. The molecule has 1 saturated heterocycles. The molecule has 0 bridgehead atoms. The van der Waals surface area contributed by atoms with Crippen LogP contribution in [0.2, 0.25) is 0 Å². The van der Waals surface area contributed by atoms with Crippen molar-refractivity contribution >= 4 is 25.9 Å². The predicted octanol–water partition coefficient (Wildman–Crippen LogP) is 1.95. The van der Waals surface area contributed by atoms with Crippen LogP contribution in [0.4, 0.5) is 4.79 Å². The number of aryl methyl sites for hydroxylation is 1. The van der Waals surface area contributed by atoms with Crippen LogP contribution in [0.5, 0.6) is 11.5 Å². The number of carbonyl (C=O) groups excluding carboxylic acids is 1. The average Bonchev–Trinajstić information content (AvgIpc) is 3.07. The molecular formula is C22H29N3O7S2. The number of hydrazine groups is 1. The minimum atomic E-state index is -4.26. The maximum Gasteiger partial charge on any atom is 0.335 e. The maximum atomic E-state index is 13.1. The van der Waals surface area contributed by atoms with Crippen molar-refractivity contribution in [2.75, 3.05) is 38.6 Å². The first-order chi connectivity index (χ1) is 16.0. The number of nitrogens with zero attached hydrogens (tertiary/aromatic N) is 2. The molecule has 2 aromatic carbocycles. The van der Waals surface area contributed by atoms with Gasteiger partial charge in [0.05, 0.1) is 26.8 Å². The summed E-state index contributed by atoms with van der Waals surface area (Å²) in [5.74, 6) is 1.42. The lowest BCUT2D eigenvalue weighted by molar-refractivity contribution is 0.181. The largest absolute Gasteiger partial charge is 0.497 e. The molecule has 10 nitrogen and oxygen atoms in total. The number of sulfone groups is 1. The monoisotopic (exact) mass is 511 g/mol. The number of nitrogens with one attached hydrogen (secondary N) is 1. The molecule has 1 atom stereocenters. The van der Waals surface area contributed by atoms with E-state index >= 15 is 0 Å². The molecule has 1 aliphatic heterocycles. The Kier molecular flexibility index (Phi) is 8.05. The second-order valence-electron chi connectivity index (χ2n) is 8.08. The van der Waals surface area contributed by atoms with Gasteiger partial charge in [0.2, 0.25) is 10.0 Å². The lowest BCUT2D eigenvalue weighted by Gasteiger charge is -2.23. The molecule has 186 valence electrons. The van der Waals surface area contributed by atoms with Crippen LogP contribution in [0, 0.1) is 0 Å². The van der Waals surface area contributed by atoms with Gasteiger partial charge in [-0.1, -0.05) is 24.3 Å². The first kappa shape index (κ1) is 25.8. The number of hydrogen-bond acceptors (Lipinski definition) is 7. The molecule has 0 saturated carbocycles. The van der Waals surface area contributed by atoms with E-state index in [-0.39, 0.29) is 6.54 Å². The number of sulfonamides is 1. The zero-order valence-corrected chi connectivity index (χ0v) is 20.9. The van der Waals surface area contributed by atoms with Crippen LogP contribution in [-0.2, 0) is 26.3 Å². The van der Waals surface area contributed by atoms with Crippen molar-refractivity contribution in [2.24, 2.45) is 0 Å². The third-order valence-corrected chi connectivity index (χ3v) is 8.80. The van der Waals surface area contributed by atoms with Crippen LogP contribution >= 0.6 is 0 Å². The molecule has 1 unspecified atom stereocenters. The van der Waals surface area contributed by atoms with E-state index in [1.807, 2.05) is 36.4 Å². The highest BCUT2D eigenvalue weighted by atomic mass is 32.3. The minimum Gasteiger partial charge on any atom is -0.497 e. The van der Waals surface area contributed by atoms with Gasteiger partial charge in [-0.3, -0.25) is 0 Å². The molecule has 1 aliphatic rings. The van der Waals surface area contributed by atoms with Crippen molar-refractivity contribution in [1.82, 2.24) is 14.7 Å². The van der Waals surface area contributed by atoms with Crippen molar-refractivity contribution in [3.8, 4) is 11.5 Å². The van der Waals surface area contributed by atoms with E-state index < -0.39 is 37.0 Å². The Balaban J connectivity index is 1.76. The summed E-state index contributed by atoms with van der Waals surface area (Å²) in [7, 11) is -4.91. The van der Waals surface area contributed by atoms with Crippen LogP contribution in [-0.4, -0.2) is 71.4 Å². The van der Waals surface area contributed by atoms with Gasteiger partial charge in [0, 0.05) is 12.8 Å². The first-order valence-electron chi connectivity index (χ1n) is 10.5. The van der Waals surface area contributed by atoms with Gasteiger partial charge >= 0.3 is 6.03 Å². The van der Waals surface area contributed by atoms with Gasteiger partial charge in [-0.25, -0.2) is 26.6 Å². The highest BCUT2D eigenvalue weighted by Crippen LogP contribution is 2.30. The van der Waals surface area contributed by atoms with Crippen LogP contribution in [0.25, 0.3) is 0 Å². The summed E-state index contributed by atoms with van der Waals surface area (Å²) in [4.78, 5) is 16.8. The average molecular weight is 512 g/mol. The number of hydrogen-bond donors (Lipinski definition) is 1. The second-order valence-corrected chi connectivity index (χ2v) is 12.3. The molecule has 3 rings (SSSR count). The maximum absolute atomic E-state index is 13.1. The zero-order chi connectivity index (χ0) is 24.9. The Morgan fingerprint density at radius 3 is 2.03 bits per heavy atom. The van der Waals surface area contributed by atoms with Gasteiger partial charge in [0.25, 0.3) is 0 Å². The van der Waals surface area contributed by atoms with Crippen molar-refractivity contribution in [3.63, 3.8) is 0 Å². The van der Waals surface area contributed by atoms with Crippen LogP contribution < -0.4 is 14.3 Å². The SMILES string of the molecule is COc1ccc(CCCN2C(=O)N(NS(=O)(=O)CS(C)(=O)=O)CC2c2ccc(OC)cc2)cc1. The predicted molar refractivity (Wildman–Crippen MR) is 128 cm³/mol. The number of benzene rings is 2.